The van der Waals surface area contributed by atoms with Crippen molar-refractivity contribution in [2.45, 2.75) is 44.8 Å². The van der Waals surface area contributed by atoms with Gasteiger partial charge in [-0.15, -0.1) is 0 Å². The van der Waals surface area contributed by atoms with Gasteiger partial charge >= 0.3 is 0 Å². The lowest BCUT2D eigenvalue weighted by molar-refractivity contribution is -0.0440. The van der Waals surface area contributed by atoms with Gasteiger partial charge in [0.2, 0.25) is 15.2 Å². The number of carbonyl (C=O) groups excluding carboxylic acids is 1. The molecule has 2 N–H and O–H groups in total. The zero-order chi connectivity index (χ0) is 23.0. The highest BCUT2D eigenvalue weighted by Crippen LogP contribution is 2.29. The Balaban J connectivity index is 1.44. The number of carbonyl (C=O) groups is 1. The normalized spacial score (nSPS) is 19.8. The number of hydrogen-bond donors (Lipinski definition) is 2. The van der Waals surface area contributed by atoms with Gasteiger partial charge in [-0.1, -0.05) is 17.4 Å². The summed E-state index contributed by atoms with van der Waals surface area (Å²) < 4.78 is 34.0. The van der Waals surface area contributed by atoms with E-state index in [0.717, 1.165) is 21.3 Å². The van der Waals surface area contributed by atoms with Crippen LogP contribution in [0.4, 0.5) is 5.13 Å². The molecule has 8 nitrogen and oxygen atoms in total. The number of hydrazine groups is 1. The number of anilines is 1. The number of aromatic nitrogens is 1. The number of rotatable bonds is 5. The maximum atomic E-state index is 13.0. The van der Waals surface area contributed by atoms with Crippen LogP contribution in [0, 0.1) is 13.8 Å². The first-order valence-corrected chi connectivity index (χ1v) is 12.6. The number of hydrogen-bond acceptors (Lipinski definition) is 7. The molecule has 170 valence electrons. The molecule has 0 radical (unpaired) electrons. The van der Waals surface area contributed by atoms with Gasteiger partial charge in [0.1, 0.15) is 0 Å². The van der Waals surface area contributed by atoms with Gasteiger partial charge in [-0.25, -0.2) is 13.4 Å². The Morgan fingerprint density at radius 2 is 1.78 bits per heavy atom. The first-order chi connectivity index (χ1) is 15.1. The fourth-order valence-corrected chi connectivity index (χ4v) is 6.45. The fourth-order valence-electron chi connectivity index (χ4n) is 3.86. The molecule has 0 aliphatic carbocycles. The Labute approximate surface area is 191 Å². The molecule has 2 aromatic carbocycles. The van der Waals surface area contributed by atoms with E-state index in [1.54, 1.807) is 0 Å². The monoisotopic (exact) mass is 474 g/mol. The van der Waals surface area contributed by atoms with Crippen LogP contribution in [0.2, 0.25) is 0 Å². The fraction of sp³-hybridized carbons (Fsp3) is 0.364. The predicted molar refractivity (Wildman–Crippen MR) is 125 cm³/mol. The number of nitrogens with one attached hydrogen (secondary N) is 2. The molecule has 1 aliphatic rings. The summed E-state index contributed by atoms with van der Waals surface area (Å²) in [6.45, 7) is 8.36. The summed E-state index contributed by atoms with van der Waals surface area (Å²) in [5.74, 6) is -0.380. The lowest BCUT2D eigenvalue weighted by Crippen LogP contribution is -2.48. The lowest BCUT2D eigenvalue weighted by atomic mass is 10.1. The van der Waals surface area contributed by atoms with Crippen molar-refractivity contribution in [2.75, 3.05) is 18.5 Å². The van der Waals surface area contributed by atoms with Gasteiger partial charge in [0.15, 0.2) is 0 Å². The molecule has 0 spiro atoms. The highest BCUT2D eigenvalue weighted by atomic mass is 32.2. The highest BCUT2D eigenvalue weighted by Gasteiger charge is 2.32. The van der Waals surface area contributed by atoms with Crippen molar-refractivity contribution in [1.29, 1.82) is 0 Å². The number of benzene rings is 2. The number of amides is 1. The van der Waals surface area contributed by atoms with Gasteiger partial charge in [-0.2, -0.15) is 4.31 Å². The van der Waals surface area contributed by atoms with E-state index in [4.69, 9.17) is 4.74 Å². The van der Waals surface area contributed by atoms with Crippen LogP contribution in [0.5, 0.6) is 0 Å². The summed E-state index contributed by atoms with van der Waals surface area (Å²) >= 11 is 1.45. The summed E-state index contributed by atoms with van der Waals surface area (Å²) in [7, 11) is -3.65. The lowest BCUT2D eigenvalue weighted by Gasteiger charge is -2.34. The molecule has 0 unspecified atom stereocenters. The van der Waals surface area contributed by atoms with Crippen LogP contribution >= 0.6 is 11.3 Å². The van der Waals surface area contributed by atoms with Crippen molar-refractivity contribution >= 4 is 42.6 Å². The molecule has 0 saturated carbocycles. The summed E-state index contributed by atoms with van der Waals surface area (Å²) in [5.41, 5.74) is 8.96. The Hall–Kier alpha value is -2.53. The predicted octanol–water partition coefficient (Wildman–Crippen LogP) is 3.47. The Morgan fingerprint density at radius 3 is 2.44 bits per heavy atom. The van der Waals surface area contributed by atoms with Gasteiger partial charge in [-0.3, -0.25) is 15.6 Å². The zero-order valence-corrected chi connectivity index (χ0v) is 20.0. The Kier molecular flexibility index (Phi) is 6.22. The Bertz CT molecular complexity index is 1240. The first kappa shape index (κ1) is 22.7. The number of aryl methyl sites for hydroxylation is 2. The maximum Gasteiger partial charge on any atom is 0.269 e. The number of thiazole rings is 1. The molecule has 0 bridgehead atoms. The van der Waals surface area contributed by atoms with Crippen LogP contribution in [0.1, 0.15) is 35.3 Å². The van der Waals surface area contributed by atoms with E-state index in [2.05, 4.69) is 28.0 Å². The molecule has 10 heteroatoms. The van der Waals surface area contributed by atoms with Gasteiger partial charge in [0.25, 0.3) is 5.91 Å². The van der Waals surface area contributed by atoms with Gasteiger partial charge in [0.05, 0.1) is 27.3 Å². The van der Waals surface area contributed by atoms with Crippen molar-refractivity contribution in [2.24, 2.45) is 0 Å². The minimum atomic E-state index is -3.65. The van der Waals surface area contributed by atoms with Crippen LogP contribution in [-0.2, 0) is 14.8 Å². The molecule has 1 fully saturated rings. The molecular formula is C22H26N4O4S2. The smallest absolute Gasteiger partial charge is 0.269 e. The third-order valence-corrected chi connectivity index (χ3v) is 8.02. The van der Waals surface area contributed by atoms with E-state index in [-0.39, 0.29) is 23.0 Å². The largest absolute Gasteiger partial charge is 0.373 e. The van der Waals surface area contributed by atoms with Crippen molar-refractivity contribution in [3.8, 4) is 0 Å². The van der Waals surface area contributed by atoms with E-state index in [0.29, 0.717) is 23.8 Å². The Morgan fingerprint density at radius 1 is 1.12 bits per heavy atom. The molecule has 1 amide bonds. The number of nitrogens with zero attached hydrogens (tertiary/aromatic N) is 2. The summed E-state index contributed by atoms with van der Waals surface area (Å²) in [6, 6.07) is 10.0. The van der Waals surface area contributed by atoms with Crippen LogP contribution in [0.3, 0.4) is 0 Å². The van der Waals surface area contributed by atoms with Crippen molar-refractivity contribution in [1.82, 2.24) is 14.7 Å². The molecule has 2 atom stereocenters. The van der Waals surface area contributed by atoms with Crippen LogP contribution in [0.25, 0.3) is 10.2 Å². The van der Waals surface area contributed by atoms with Crippen LogP contribution < -0.4 is 10.9 Å². The molecule has 1 aliphatic heterocycles. The second-order valence-corrected chi connectivity index (χ2v) is 11.1. The first-order valence-electron chi connectivity index (χ1n) is 10.3. The highest BCUT2D eigenvalue weighted by molar-refractivity contribution is 7.89. The van der Waals surface area contributed by atoms with Crippen molar-refractivity contribution in [3.05, 3.63) is 53.1 Å². The molecular weight excluding hydrogens is 448 g/mol. The topological polar surface area (TPSA) is 101 Å². The molecule has 3 aromatic rings. The maximum absolute atomic E-state index is 13.0. The van der Waals surface area contributed by atoms with Gasteiger partial charge in [0, 0.05) is 18.7 Å². The zero-order valence-electron chi connectivity index (χ0n) is 18.4. The summed E-state index contributed by atoms with van der Waals surface area (Å²) in [4.78, 5) is 17.2. The van der Waals surface area contributed by atoms with Crippen molar-refractivity contribution < 1.29 is 17.9 Å². The number of morpholine rings is 1. The molecule has 4 rings (SSSR count). The molecule has 1 saturated heterocycles. The second kappa shape index (κ2) is 8.78. The summed E-state index contributed by atoms with van der Waals surface area (Å²) in [5, 5.41) is 0.580. The van der Waals surface area contributed by atoms with E-state index in [1.165, 1.54) is 39.9 Å². The number of sulfonamides is 1. The van der Waals surface area contributed by atoms with Crippen LogP contribution in [-0.4, -0.2) is 48.9 Å². The average Bonchev–Trinajstić information content (AvgIpc) is 3.14. The third-order valence-electron chi connectivity index (χ3n) is 5.25. The van der Waals surface area contributed by atoms with E-state index in [1.807, 2.05) is 27.7 Å². The van der Waals surface area contributed by atoms with Crippen molar-refractivity contribution in [3.63, 3.8) is 0 Å². The molecule has 2 heterocycles. The van der Waals surface area contributed by atoms with Gasteiger partial charge in [-0.05, 0) is 69.2 Å². The SMILES string of the molecule is Cc1cc(C)c2nc(NNC(=O)c3ccc(S(=O)(=O)N4C[C@@H](C)O[C@H](C)C4)cc3)sc2c1. The van der Waals surface area contributed by atoms with Gasteiger partial charge < -0.3 is 4.74 Å². The quantitative estimate of drug-likeness (QED) is 0.549. The minimum Gasteiger partial charge on any atom is -0.373 e. The van der Waals surface area contributed by atoms with Crippen LogP contribution in [0.15, 0.2) is 41.3 Å². The molecule has 1 aromatic heterocycles. The second-order valence-electron chi connectivity index (χ2n) is 8.13. The standard InChI is InChI=1S/C22H26N4O4S2/c1-13-9-14(2)20-19(10-13)31-22(23-20)25-24-21(27)17-5-7-18(8-6-17)32(28,29)26-11-15(3)30-16(4)12-26/h5-10,15-16H,11-12H2,1-4H3,(H,23,25)(H,24,27)/t15-,16-/m1/s1. The van der Waals surface area contributed by atoms with E-state index < -0.39 is 10.0 Å². The van der Waals surface area contributed by atoms with E-state index in [9.17, 15) is 13.2 Å². The minimum absolute atomic E-state index is 0.153. The average molecular weight is 475 g/mol. The molecule has 32 heavy (non-hydrogen) atoms. The summed E-state index contributed by atoms with van der Waals surface area (Å²) in [6.07, 6.45) is -0.334. The van der Waals surface area contributed by atoms with E-state index >= 15 is 0 Å². The number of fused-ring (bicyclic) bond motifs is 1. The third kappa shape index (κ3) is 4.63. The number of ether oxygens (including phenoxy) is 1.